The first-order valence-electron chi connectivity index (χ1n) is 4.48. The standard InChI is InChI=1S/C8H15N3OS/c1-3-9-8(13)11-10-7(12)6-4-5(6)2/h5-6H,3-4H2,1-2H3,(H,10,12)(H2,9,11,13)/t5-,6-/m1/s1. The van der Waals surface area contributed by atoms with Crippen LogP contribution in [0.2, 0.25) is 0 Å². The Hall–Kier alpha value is -0.840. The topological polar surface area (TPSA) is 53.2 Å². The molecule has 13 heavy (non-hydrogen) atoms. The molecular formula is C8H15N3OS. The third-order valence-electron chi connectivity index (χ3n) is 2.08. The van der Waals surface area contributed by atoms with Gasteiger partial charge in [-0.3, -0.25) is 15.6 Å². The molecule has 0 spiro atoms. The number of hydrazine groups is 1. The average molecular weight is 201 g/mol. The second kappa shape index (κ2) is 4.41. The Morgan fingerprint density at radius 3 is 2.62 bits per heavy atom. The van der Waals surface area contributed by atoms with E-state index < -0.39 is 0 Å². The van der Waals surface area contributed by atoms with Crippen molar-refractivity contribution in [2.45, 2.75) is 20.3 Å². The number of hydrogen-bond acceptors (Lipinski definition) is 2. The molecule has 0 bridgehead atoms. The third kappa shape index (κ3) is 3.18. The number of carbonyl (C=O) groups excluding carboxylic acids is 1. The van der Waals surface area contributed by atoms with Gasteiger partial charge in [0, 0.05) is 12.5 Å². The monoisotopic (exact) mass is 201 g/mol. The summed E-state index contributed by atoms with van der Waals surface area (Å²) in [6.45, 7) is 4.76. The highest BCUT2D eigenvalue weighted by molar-refractivity contribution is 7.80. The zero-order chi connectivity index (χ0) is 9.84. The number of rotatable bonds is 2. The van der Waals surface area contributed by atoms with Gasteiger partial charge in [0.15, 0.2) is 5.11 Å². The summed E-state index contributed by atoms with van der Waals surface area (Å²) in [5.74, 6) is 0.735. The fourth-order valence-corrected chi connectivity index (χ4v) is 1.30. The highest BCUT2D eigenvalue weighted by Crippen LogP contribution is 2.37. The van der Waals surface area contributed by atoms with Crippen LogP contribution in [-0.4, -0.2) is 17.6 Å². The van der Waals surface area contributed by atoms with Gasteiger partial charge in [-0.15, -0.1) is 0 Å². The Morgan fingerprint density at radius 1 is 1.54 bits per heavy atom. The number of amides is 1. The first kappa shape index (κ1) is 10.2. The molecule has 1 aliphatic rings. The molecule has 0 radical (unpaired) electrons. The molecule has 0 heterocycles. The van der Waals surface area contributed by atoms with Gasteiger partial charge in [-0.05, 0) is 31.5 Å². The lowest BCUT2D eigenvalue weighted by atomic mass is 10.3. The molecule has 0 aromatic carbocycles. The fraction of sp³-hybridized carbons (Fsp3) is 0.750. The molecule has 1 rings (SSSR count). The second-order valence-corrected chi connectivity index (χ2v) is 3.70. The molecule has 1 fully saturated rings. The van der Waals surface area contributed by atoms with Crippen LogP contribution in [0.25, 0.3) is 0 Å². The third-order valence-corrected chi connectivity index (χ3v) is 2.33. The Labute approximate surface area is 83.4 Å². The summed E-state index contributed by atoms with van der Waals surface area (Å²) in [5.41, 5.74) is 5.21. The molecule has 0 aliphatic heterocycles. The summed E-state index contributed by atoms with van der Waals surface area (Å²) < 4.78 is 0. The van der Waals surface area contributed by atoms with Gasteiger partial charge in [-0.25, -0.2) is 0 Å². The summed E-state index contributed by atoms with van der Waals surface area (Å²) in [4.78, 5) is 11.3. The van der Waals surface area contributed by atoms with E-state index in [1.54, 1.807) is 0 Å². The maximum atomic E-state index is 11.3. The maximum absolute atomic E-state index is 11.3. The van der Waals surface area contributed by atoms with Crippen LogP contribution in [0.4, 0.5) is 0 Å². The fourth-order valence-electron chi connectivity index (χ4n) is 1.10. The van der Waals surface area contributed by atoms with Crippen LogP contribution in [0.15, 0.2) is 0 Å². The van der Waals surface area contributed by atoms with Crippen molar-refractivity contribution < 1.29 is 4.79 Å². The molecule has 1 saturated carbocycles. The lowest BCUT2D eigenvalue weighted by Crippen LogP contribution is -2.47. The Bertz CT molecular complexity index is 219. The van der Waals surface area contributed by atoms with Crippen molar-refractivity contribution in [3.8, 4) is 0 Å². The Balaban J connectivity index is 2.11. The second-order valence-electron chi connectivity index (χ2n) is 3.29. The van der Waals surface area contributed by atoms with Gasteiger partial charge in [0.2, 0.25) is 5.91 Å². The summed E-state index contributed by atoms with van der Waals surface area (Å²) in [6.07, 6.45) is 0.988. The molecule has 1 aliphatic carbocycles. The molecule has 74 valence electrons. The van der Waals surface area contributed by atoms with Gasteiger partial charge in [-0.2, -0.15) is 0 Å². The molecule has 0 saturated heterocycles. The molecule has 5 heteroatoms. The first-order chi connectivity index (χ1) is 6.15. The van der Waals surface area contributed by atoms with Crippen molar-refractivity contribution in [3.05, 3.63) is 0 Å². The molecule has 0 aromatic rings. The summed E-state index contributed by atoms with van der Waals surface area (Å²) >= 11 is 4.87. The van der Waals surface area contributed by atoms with E-state index in [0.717, 1.165) is 13.0 Å². The van der Waals surface area contributed by atoms with Crippen LogP contribution < -0.4 is 16.2 Å². The van der Waals surface area contributed by atoms with Crippen molar-refractivity contribution >= 4 is 23.2 Å². The van der Waals surface area contributed by atoms with E-state index in [9.17, 15) is 4.79 Å². The molecule has 1 amide bonds. The van der Waals surface area contributed by atoms with Gasteiger partial charge >= 0.3 is 0 Å². The maximum Gasteiger partial charge on any atom is 0.241 e. The van der Waals surface area contributed by atoms with Crippen LogP contribution in [-0.2, 0) is 4.79 Å². The smallest absolute Gasteiger partial charge is 0.241 e. The number of hydrogen-bond donors (Lipinski definition) is 3. The van der Waals surface area contributed by atoms with E-state index in [1.807, 2.05) is 6.92 Å². The van der Waals surface area contributed by atoms with E-state index >= 15 is 0 Å². The zero-order valence-corrected chi connectivity index (χ0v) is 8.70. The summed E-state index contributed by atoms with van der Waals surface area (Å²) in [7, 11) is 0. The molecule has 0 aromatic heterocycles. The van der Waals surface area contributed by atoms with Crippen LogP contribution in [0, 0.1) is 11.8 Å². The van der Waals surface area contributed by atoms with E-state index in [1.165, 1.54) is 0 Å². The van der Waals surface area contributed by atoms with Crippen molar-refractivity contribution in [2.24, 2.45) is 11.8 Å². The SMILES string of the molecule is CCNC(=S)NNC(=O)[C@@H]1C[C@H]1C. The number of carbonyl (C=O) groups is 1. The Morgan fingerprint density at radius 2 is 2.15 bits per heavy atom. The molecule has 3 N–H and O–H groups in total. The predicted molar refractivity (Wildman–Crippen MR) is 54.8 cm³/mol. The minimum atomic E-state index is 0.0350. The number of nitrogens with one attached hydrogen (secondary N) is 3. The lowest BCUT2D eigenvalue weighted by molar-refractivity contribution is -0.123. The minimum Gasteiger partial charge on any atom is -0.362 e. The Kier molecular flexibility index (Phi) is 3.48. The normalized spacial score (nSPS) is 24.8. The zero-order valence-electron chi connectivity index (χ0n) is 7.89. The summed E-state index contributed by atoms with van der Waals surface area (Å²) in [5, 5.41) is 3.34. The highest BCUT2D eigenvalue weighted by Gasteiger charge is 2.39. The molecular weight excluding hydrogens is 186 g/mol. The van der Waals surface area contributed by atoms with E-state index in [-0.39, 0.29) is 11.8 Å². The van der Waals surface area contributed by atoms with Gasteiger partial charge in [0.05, 0.1) is 0 Å². The summed E-state index contributed by atoms with van der Waals surface area (Å²) in [6, 6.07) is 0. The largest absolute Gasteiger partial charge is 0.362 e. The van der Waals surface area contributed by atoms with Crippen molar-refractivity contribution in [1.29, 1.82) is 0 Å². The highest BCUT2D eigenvalue weighted by atomic mass is 32.1. The van der Waals surface area contributed by atoms with Crippen LogP contribution >= 0.6 is 12.2 Å². The van der Waals surface area contributed by atoms with E-state index in [2.05, 4.69) is 23.1 Å². The molecule has 2 atom stereocenters. The quantitative estimate of drug-likeness (QED) is 0.440. The average Bonchev–Trinajstić information content (AvgIpc) is 2.79. The minimum absolute atomic E-state index is 0.0350. The van der Waals surface area contributed by atoms with Crippen molar-refractivity contribution in [1.82, 2.24) is 16.2 Å². The lowest BCUT2D eigenvalue weighted by Gasteiger charge is -2.09. The van der Waals surface area contributed by atoms with Gasteiger partial charge in [-0.1, -0.05) is 6.92 Å². The van der Waals surface area contributed by atoms with Crippen LogP contribution in [0.3, 0.4) is 0 Å². The molecule has 4 nitrogen and oxygen atoms in total. The van der Waals surface area contributed by atoms with Crippen LogP contribution in [0.5, 0.6) is 0 Å². The molecule has 0 unspecified atom stereocenters. The van der Waals surface area contributed by atoms with Gasteiger partial charge in [0.1, 0.15) is 0 Å². The van der Waals surface area contributed by atoms with E-state index in [0.29, 0.717) is 11.0 Å². The van der Waals surface area contributed by atoms with Crippen molar-refractivity contribution in [2.75, 3.05) is 6.54 Å². The number of thiocarbonyl (C=S) groups is 1. The predicted octanol–water partition coefficient (Wildman–Crippen LogP) is 0.158. The van der Waals surface area contributed by atoms with Crippen molar-refractivity contribution in [3.63, 3.8) is 0 Å². The van der Waals surface area contributed by atoms with E-state index in [4.69, 9.17) is 12.2 Å². The van der Waals surface area contributed by atoms with Crippen LogP contribution in [0.1, 0.15) is 20.3 Å². The van der Waals surface area contributed by atoms with Gasteiger partial charge < -0.3 is 5.32 Å². The first-order valence-corrected chi connectivity index (χ1v) is 4.89. The van der Waals surface area contributed by atoms with Gasteiger partial charge in [0.25, 0.3) is 0 Å².